The Morgan fingerprint density at radius 2 is 0.684 bits per heavy atom. The van der Waals surface area contributed by atoms with E-state index in [0.717, 1.165) is 51.4 Å². The van der Waals surface area contributed by atoms with Crippen molar-refractivity contribution in [3.63, 3.8) is 0 Å². The number of carbonyl (C=O) groups excluding carboxylic acids is 1. The van der Waals surface area contributed by atoms with E-state index in [0.29, 0.717) is 6.42 Å². The van der Waals surface area contributed by atoms with Gasteiger partial charge in [-0.3, -0.25) is 4.79 Å². The van der Waals surface area contributed by atoms with E-state index < -0.39 is 12.1 Å². The largest absolute Gasteiger partial charge is 0.394 e. The first-order valence-corrected chi connectivity index (χ1v) is 25.4. The minimum Gasteiger partial charge on any atom is -0.394 e. The van der Waals surface area contributed by atoms with Gasteiger partial charge in [0.05, 0.1) is 18.8 Å². The summed E-state index contributed by atoms with van der Waals surface area (Å²) < 4.78 is 0. The van der Waals surface area contributed by atoms with Crippen LogP contribution in [0.2, 0.25) is 0 Å². The molecule has 3 N–H and O–H groups in total. The van der Waals surface area contributed by atoms with E-state index in [9.17, 15) is 15.0 Å². The molecule has 2 unspecified atom stereocenters. The second kappa shape index (κ2) is 48.7. The van der Waals surface area contributed by atoms with Gasteiger partial charge in [-0.05, 0) is 70.6 Å². The number of nitrogens with one attached hydrogen (secondary N) is 1. The third-order valence-electron chi connectivity index (χ3n) is 11.5. The van der Waals surface area contributed by atoms with Crippen molar-refractivity contribution in [3.05, 3.63) is 48.6 Å². The second-order valence-corrected chi connectivity index (χ2v) is 17.2. The van der Waals surface area contributed by atoms with Crippen LogP contribution in [0.15, 0.2) is 48.6 Å². The fourth-order valence-electron chi connectivity index (χ4n) is 7.62. The van der Waals surface area contributed by atoms with Crippen molar-refractivity contribution < 1.29 is 15.0 Å². The van der Waals surface area contributed by atoms with E-state index >= 15 is 0 Å². The summed E-state index contributed by atoms with van der Waals surface area (Å²) in [5, 5.41) is 23.0. The van der Waals surface area contributed by atoms with Crippen LogP contribution in [0, 0.1) is 0 Å². The van der Waals surface area contributed by atoms with Crippen molar-refractivity contribution in [2.24, 2.45) is 0 Å². The number of rotatable bonds is 46. The normalized spacial score (nSPS) is 13.3. The van der Waals surface area contributed by atoms with Gasteiger partial charge >= 0.3 is 0 Å². The smallest absolute Gasteiger partial charge is 0.220 e. The van der Waals surface area contributed by atoms with E-state index in [1.165, 1.54) is 193 Å². The molecule has 0 saturated heterocycles. The first-order chi connectivity index (χ1) is 28.2. The van der Waals surface area contributed by atoms with E-state index in [2.05, 4.69) is 55.6 Å². The molecule has 0 aromatic carbocycles. The lowest BCUT2D eigenvalue weighted by Crippen LogP contribution is -2.45. The Kier molecular flexibility index (Phi) is 47.3. The van der Waals surface area contributed by atoms with Gasteiger partial charge in [0.2, 0.25) is 5.91 Å². The second-order valence-electron chi connectivity index (χ2n) is 17.2. The van der Waals surface area contributed by atoms with Crippen LogP contribution in [-0.2, 0) is 4.79 Å². The summed E-state index contributed by atoms with van der Waals surface area (Å²) in [7, 11) is 0. The van der Waals surface area contributed by atoms with Gasteiger partial charge in [0.1, 0.15) is 0 Å². The van der Waals surface area contributed by atoms with E-state index in [1.54, 1.807) is 6.08 Å². The summed E-state index contributed by atoms with van der Waals surface area (Å²) in [4.78, 5) is 12.4. The molecule has 0 rings (SSSR count). The van der Waals surface area contributed by atoms with E-state index in [4.69, 9.17) is 0 Å². The highest BCUT2D eigenvalue weighted by molar-refractivity contribution is 5.76. The zero-order valence-electron chi connectivity index (χ0n) is 38.4. The molecule has 0 radical (unpaired) electrons. The lowest BCUT2D eigenvalue weighted by atomic mass is 10.0. The van der Waals surface area contributed by atoms with Gasteiger partial charge in [0.25, 0.3) is 0 Å². The summed E-state index contributed by atoms with van der Waals surface area (Å²) in [5.74, 6) is -0.0858. The molecule has 2 atom stereocenters. The van der Waals surface area contributed by atoms with Crippen LogP contribution in [0.5, 0.6) is 0 Å². The third kappa shape index (κ3) is 45.3. The number of hydrogen-bond donors (Lipinski definition) is 3. The molecule has 0 aliphatic carbocycles. The number of amides is 1. The van der Waals surface area contributed by atoms with Crippen molar-refractivity contribution in [1.29, 1.82) is 0 Å². The Hall–Kier alpha value is -1.65. The van der Waals surface area contributed by atoms with Crippen LogP contribution >= 0.6 is 0 Å². The van der Waals surface area contributed by atoms with Crippen LogP contribution in [0.4, 0.5) is 0 Å². The molecule has 0 aliphatic heterocycles. The van der Waals surface area contributed by atoms with Crippen molar-refractivity contribution in [1.82, 2.24) is 5.32 Å². The van der Waals surface area contributed by atoms with Crippen molar-refractivity contribution in [3.8, 4) is 0 Å². The molecular formula is C53H99NO3. The van der Waals surface area contributed by atoms with Crippen molar-refractivity contribution in [2.75, 3.05) is 6.61 Å². The minimum atomic E-state index is -0.874. The maximum atomic E-state index is 12.4. The monoisotopic (exact) mass is 798 g/mol. The number of carbonyl (C=O) groups is 1. The SMILES string of the molecule is CCCCCCCCC/C=C\CCCCCCCC(=O)NC(CO)C(O)/C=C/CC/C=C/CC/C=C/CCCCCCCCCCCCCCCCCCCCC. The molecule has 4 nitrogen and oxygen atoms in total. The molecular weight excluding hydrogens is 699 g/mol. The van der Waals surface area contributed by atoms with Gasteiger partial charge < -0.3 is 15.5 Å². The Bertz CT molecular complexity index is 908. The topological polar surface area (TPSA) is 69.6 Å². The van der Waals surface area contributed by atoms with Crippen molar-refractivity contribution >= 4 is 5.91 Å². The van der Waals surface area contributed by atoms with Crippen LogP contribution < -0.4 is 5.32 Å². The summed E-state index contributed by atoms with van der Waals surface area (Å²) in [6, 6.07) is -0.650. The molecule has 0 aromatic heterocycles. The van der Waals surface area contributed by atoms with E-state index in [-0.39, 0.29) is 12.5 Å². The minimum absolute atomic E-state index is 0.0858. The fraction of sp³-hybridized carbons (Fsp3) is 0.830. The first-order valence-electron chi connectivity index (χ1n) is 25.4. The highest BCUT2D eigenvalue weighted by Crippen LogP contribution is 2.16. The van der Waals surface area contributed by atoms with Crippen LogP contribution in [0.3, 0.4) is 0 Å². The number of aliphatic hydroxyl groups is 2. The van der Waals surface area contributed by atoms with Crippen LogP contribution in [-0.4, -0.2) is 34.9 Å². The first kappa shape index (κ1) is 55.4. The third-order valence-corrected chi connectivity index (χ3v) is 11.5. The van der Waals surface area contributed by atoms with Gasteiger partial charge in [-0.1, -0.05) is 236 Å². The highest BCUT2D eigenvalue weighted by atomic mass is 16.3. The maximum Gasteiger partial charge on any atom is 0.220 e. The molecule has 0 aromatic rings. The summed E-state index contributed by atoms with van der Waals surface area (Å²) in [5.41, 5.74) is 0. The molecule has 1 amide bonds. The fourth-order valence-corrected chi connectivity index (χ4v) is 7.62. The standard InChI is InChI=1S/C53H99NO3/c1-3-5-7-9-11-13-15-17-19-21-22-23-24-25-26-27-28-29-30-31-32-33-34-36-38-40-42-44-46-48-52(56)51(50-55)54-53(57)49-47-45-43-41-39-37-35-20-18-16-14-12-10-8-6-4-2/h20,32-33,35,38,40,46,48,51-52,55-56H,3-19,21-31,34,36-37,39,41-45,47,49-50H2,1-2H3,(H,54,57)/b33-32+,35-20-,40-38+,48-46+. The lowest BCUT2D eigenvalue weighted by molar-refractivity contribution is -0.123. The van der Waals surface area contributed by atoms with Gasteiger partial charge in [0, 0.05) is 6.42 Å². The average molecular weight is 798 g/mol. The number of allylic oxidation sites excluding steroid dienone is 7. The summed E-state index contributed by atoms with van der Waals surface area (Å²) in [6.45, 7) is 4.30. The van der Waals surface area contributed by atoms with Gasteiger partial charge in [-0.25, -0.2) is 0 Å². The van der Waals surface area contributed by atoms with Gasteiger partial charge in [0.15, 0.2) is 0 Å². The quantitative estimate of drug-likeness (QED) is 0.0424. The van der Waals surface area contributed by atoms with Crippen LogP contribution in [0.1, 0.15) is 264 Å². The maximum absolute atomic E-state index is 12.4. The molecule has 0 saturated carbocycles. The van der Waals surface area contributed by atoms with Crippen LogP contribution in [0.25, 0.3) is 0 Å². The lowest BCUT2D eigenvalue weighted by Gasteiger charge is -2.19. The van der Waals surface area contributed by atoms with Gasteiger partial charge in [-0.15, -0.1) is 0 Å². The zero-order chi connectivity index (χ0) is 41.4. The van der Waals surface area contributed by atoms with Crippen molar-refractivity contribution in [2.45, 2.75) is 276 Å². The average Bonchev–Trinajstić information content (AvgIpc) is 3.22. The Labute approximate surface area is 356 Å². The Morgan fingerprint density at radius 1 is 0.404 bits per heavy atom. The number of aliphatic hydroxyl groups excluding tert-OH is 2. The molecule has 0 spiro atoms. The highest BCUT2D eigenvalue weighted by Gasteiger charge is 2.17. The molecule has 57 heavy (non-hydrogen) atoms. The Morgan fingerprint density at radius 3 is 1.02 bits per heavy atom. The molecule has 0 fully saturated rings. The molecule has 0 heterocycles. The molecule has 334 valence electrons. The predicted molar refractivity (Wildman–Crippen MR) is 253 cm³/mol. The molecule has 0 aliphatic rings. The zero-order valence-corrected chi connectivity index (χ0v) is 38.4. The summed E-state index contributed by atoms with van der Waals surface area (Å²) in [6.07, 6.45) is 66.8. The molecule has 0 bridgehead atoms. The van der Waals surface area contributed by atoms with Gasteiger partial charge in [-0.2, -0.15) is 0 Å². The molecule has 4 heteroatoms. The Balaban J connectivity index is 3.58. The summed E-state index contributed by atoms with van der Waals surface area (Å²) >= 11 is 0. The van der Waals surface area contributed by atoms with E-state index in [1.807, 2.05) is 6.08 Å². The predicted octanol–water partition coefficient (Wildman–Crippen LogP) is 16.3. The number of unbranched alkanes of at least 4 members (excludes halogenated alkanes) is 33. The number of hydrogen-bond acceptors (Lipinski definition) is 3.